The number of carbonyl (C=O) groups excluding carboxylic acids is 2. The number of hydrogen-bond acceptors (Lipinski definition) is 7. The van der Waals surface area contributed by atoms with Gasteiger partial charge in [-0.3, -0.25) is 9.59 Å². The molecule has 3 N–H and O–H groups in total. The van der Waals surface area contributed by atoms with Gasteiger partial charge in [-0.25, -0.2) is 0 Å². The van der Waals surface area contributed by atoms with Gasteiger partial charge in [0.1, 0.15) is 17.6 Å². The molecule has 6 aliphatic rings. The van der Waals surface area contributed by atoms with Gasteiger partial charge in [0.05, 0.1) is 12.7 Å². The van der Waals surface area contributed by atoms with Crippen molar-refractivity contribution < 1.29 is 34.4 Å². The Bertz CT molecular complexity index is 820. The number of aliphatic hydroxyl groups excluding tert-OH is 2. The third kappa shape index (κ3) is 1.86. The Morgan fingerprint density at radius 3 is 2.55 bits per heavy atom. The number of ketones is 1. The zero-order valence-electron chi connectivity index (χ0n) is 17.2. The van der Waals surface area contributed by atoms with Crippen LogP contribution < -0.4 is 0 Å². The third-order valence-corrected chi connectivity index (χ3v) is 9.16. The summed E-state index contributed by atoms with van der Waals surface area (Å²) in [6.07, 6.45) is -0.674. The number of Topliss-reactive ketones (excluding diaryl/α,β-unsaturated/α-hetero) is 1. The Morgan fingerprint density at radius 1 is 1.21 bits per heavy atom. The van der Waals surface area contributed by atoms with E-state index in [1.165, 1.54) is 6.92 Å². The third-order valence-electron chi connectivity index (χ3n) is 9.16. The first-order valence-corrected chi connectivity index (χ1v) is 10.6. The molecule has 0 amide bonds. The second kappa shape index (κ2) is 5.49. The summed E-state index contributed by atoms with van der Waals surface area (Å²) >= 11 is 0. The summed E-state index contributed by atoms with van der Waals surface area (Å²) in [6, 6.07) is 0. The molecule has 2 aliphatic heterocycles. The van der Waals surface area contributed by atoms with Gasteiger partial charge >= 0.3 is 5.97 Å². The van der Waals surface area contributed by atoms with Gasteiger partial charge in [0.15, 0.2) is 5.78 Å². The first-order valence-electron chi connectivity index (χ1n) is 10.6. The zero-order chi connectivity index (χ0) is 21.1. The van der Waals surface area contributed by atoms with Gasteiger partial charge in [-0.2, -0.15) is 0 Å². The SMILES string of the molecule is C=C1C(=O)C23C(CC[C@H]1[C@H]2O)[C@@]12COC3(O)[C@@H](O)[C@@H]1C(C)(C)CC[C@@H]2OC(C)=O. The van der Waals surface area contributed by atoms with Gasteiger partial charge in [0.25, 0.3) is 0 Å². The van der Waals surface area contributed by atoms with Crippen LogP contribution in [0.1, 0.15) is 46.5 Å². The average molecular weight is 406 g/mol. The maximum Gasteiger partial charge on any atom is 0.302 e. The maximum absolute atomic E-state index is 13.5. The van der Waals surface area contributed by atoms with Crippen molar-refractivity contribution in [1.82, 2.24) is 0 Å². The molecule has 4 bridgehead atoms. The van der Waals surface area contributed by atoms with Crippen molar-refractivity contribution in [3.63, 3.8) is 0 Å². The molecule has 4 aliphatic carbocycles. The van der Waals surface area contributed by atoms with Crippen LogP contribution in [0.25, 0.3) is 0 Å². The summed E-state index contributed by atoms with van der Waals surface area (Å²) in [7, 11) is 0. The highest BCUT2D eigenvalue weighted by Crippen LogP contribution is 2.76. The summed E-state index contributed by atoms with van der Waals surface area (Å²) in [6.45, 7) is 9.43. The van der Waals surface area contributed by atoms with E-state index < -0.39 is 64.4 Å². The standard InChI is InChI=1S/C22H30O7/c1-10-12-5-6-13-20-9-28-22(27,21(13,16(10)24)17(12)25)18(26)15(20)19(3,4)8-7-14(20)29-11(2)23/h12-15,17-18,25-27H,1,5-9H2,2-4H3/t12-,13?,14+,15-,17-,18+,20-,21?,22?/m1/s1. The van der Waals surface area contributed by atoms with Crippen LogP contribution in [0.3, 0.4) is 0 Å². The molecular formula is C22H30O7. The smallest absolute Gasteiger partial charge is 0.302 e. The van der Waals surface area contributed by atoms with E-state index in [1.54, 1.807) is 0 Å². The number of aliphatic hydroxyl groups is 3. The summed E-state index contributed by atoms with van der Waals surface area (Å²) in [5, 5.41) is 34.5. The zero-order valence-corrected chi connectivity index (χ0v) is 17.2. The second-order valence-electron chi connectivity index (χ2n) is 10.5. The van der Waals surface area contributed by atoms with E-state index >= 15 is 0 Å². The van der Waals surface area contributed by atoms with E-state index in [2.05, 4.69) is 6.58 Å². The Morgan fingerprint density at radius 2 is 1.90 bits per heavy atom. The van der Waals surface area contributed by atoms with Crippen molar-refractivity contribution in [2.24, 2.45) is 34.0 Å². The highest BCUT2D eigenvalue weighted by Gasteiger charge is 2.87. The lowest BCUT2D eigenvalue weighted by molar-refractivity contribution is -0.458. The van der Waals surface area contributed by atoms with Gasteiger partial charge in [-0.15, -0.1) is 0 Å². The van der Waals surface area contributed by atoms with Gasteiger partial charge in [-0.05, 0) is 42.6 Å². The predicted molar refractivity (Wildman–Crippen MR) is 100 cm³/mol. The minimum Gasteiger partial charge on any atom is -0.462 e. The minimum atomic E-state index is -2.19. The molecule has 6 fully saturated rings. The summed E-state index contributed by atoms with van der Waals surface area (Å²) < 4.78 is 11.7. The van der Waals surface area contributed by atoms with Gasteiger partial charge < -0.3 is 24.8 Å². The Balaban J connectivity index is 1.79. The molecule has 0 radical (unpaired) electrons. The number of rotatable bonds is 1. The minimum absolute atomic E-state index is 0.0795. The molecule has 160 valence electrons. The molecule has 0 aromatic heterocycles. The van der Waals surface area contributed by atoms with Crippen molar-refractivity contribution >= 4 is 11.8 Å². The lowest BCUT2D eigenvalue weighted by Crippen LogP contribution is -2.85. The Hall–Kier alpha value is -1.28. The fourth-order valence-corrected chi connectivity index (χ4v) is 8.24. The van der Waals surface area contributed by atoms with E-state index in [0.717, 1.165) is 0 Å². The van der Waals surface area contributed by atoms with Crippen LogP contribution in [0.2, 0.25) is 0 Å². The molecule has 0 aromatic carbocycles. The van der Waals surface area contributed by atoms with Crippen LogP contribution in [0, 0.1) is 34.0 Å². The van der Waals surface area contributed by atoms with Crippen molar-refractivity contribution in [3.8, 4) is 0 Å². The van der Waals surface area contributed by atoms with E-state index in [0.29, 0.717) is 31.3 Å². The predicted octanol–water partition coefficient (Wildman–Crippen LogP) is 0.946. The normalized spacial score (nSPS) is 54.7. The summed E-state index contributed by atoms with van der Waals surface area (Å²) in [5.41, 5.74) is -2.60. The summed E-state index contributed by atoms with van der Waals surface area (Å²) in [4.78, 5) is 25.5. The number of hydrogen-bond donors (Lipinski definition) is 3. The summed E-state index contributed by atoms with van der Waals surface area (Å²) in [5.74, 6) is -4.38. The molecule has 7 heteroatoms. The maximum atomic E-state index is 13.5. The van der Waals surface area contributed by atoms with Gasteiger partial charge in [-0.1, -0.05) is 20.4 Å². The first kappa shape index (κ1) is 19.7. The van der Waals surface area contributed by atoms with Crippen LogP contribution in [0.15, 0.2) is 12.2 Å². The van der Waals surface area contributed by atoms with E-state index in [4.69, 9.17) is 9.47 Å². The molecule has 0 aromatic rings. The lowest BCUT2D eigenvalue weighted by Gasteiger charge is -2.74. The topological polar surface area (TPSA) is 113 Å². The van der Waals surface area contributed by atoms with Crippen molar-refractivity contribution in [2.45, 2.75) is 70.6 Å². The second-order valence-corrected chi connectivity index (χ2v) is 10.5. The molecule has 29 heavy (non-hydrogen) atoms. The van der Waals surface area contributed by atoms with Gasteiger partial charge in [0.2, 0.25) is 5.79 Å². The number of fused-ring (bicyclic) bond motifs is 2. The van der Waals surface area contributed by atoms with Crippen LogP contribution >= 0.6 is 0 Å². The van der Waals surface area contributed by atoms with Crippen molar-refractivity contribution in [2.75, 3.05) is 6.61 Å². The van der Waals surface area contributed by atoms with E-state index in [9.17, 15) is 24.9 Å². The average Bonchev–Trinajstić information content (AvgIpc) is 2.74. The highest BCUT2D eigenvalue weighted by atomic mass is 16.6. The lowest BCUT2D eigenvalue weighted by atomic mass is 9.35. The molecule has 2 heterocycles. The molecule has 6 rings (SSSR count). The molecule has 2 spiro atoms. The van der Waals surface area contributed by atoms with Crippen LogP contribution in [-0.2, 0) is 19.1 Å². The first-order chi connectivity index (χ1) is 13.5. The largest absolute Gasteiger partial charge is 0.462 e. The highest BCUT2D eigenvalue weighted by molar-refractivity contribution is 6.05. The Labute approximate surface area is 170 Å². The van der Waals surface area contributed by atoms with Crippen molar-refractivity contribution in [1.29, 1.82) is 0 Å². The molecule has 3 unspecified atom stereocenters. The molecular weight excluding hydrogens is 376 g/mol. The Kier molecular flexibility index (Phi) is 3.73. The van der Waals surface area contributed by atoms with Crippen LogP contribution in [-0.4, -0.2) is 57.8 Å². The molecule has 4 saturated carbocycles. The van der Waals surface area contributed by atoms with E-state index in [1.807, 2.05) is 13.8 Å². The van der Waals surface area contributed by atoms with Gasteiger partial charge in [0, 0.05) is 24.2 Å². The van der Waals surface area contributed by atoms with Crippen LogP contribution in [0.5, 0.6) is 0 Å². The quantitative estimate of drug-likeness (QED) is 0.439. The fourth-order valence-electron chi connectivity index (χ4n) is 8.24. The number of ether oxygens (including phenoxy) is 2. The number of esters is 1. The molecule has 2 saturated heterocycles. The van der Waals surface area contributed by atoms with E-state index in [-0.39, 0.29) is 12.0 Å². The number of carbonyl (C=O) groups is 2. The molecule has 9 atom stereocenters. The van der Waals surface area contributed by atoms with Crippen molar-refractivity contribution in [3.05, 3.63) is 12.2 Å². The van der Waals surface area contributed by atoms with Crippen LogP contribution in [0.4, 0.5) is 0 Å². The monoisotopic (exact) mass is 406 g/mol. The fraction of sp³-hybridized carbons (Fsp3) is 0.818. The molecule has 7 nitrogen and oxygen atoms in total.